The molecular weight excluding hydrogens is 403 g/mol. The van der Waals surface area contributed by atoms with Crippen molar-refractivity contribution in [1.82, 2.24) is 15.1 Å². The second-order valence-corrected chi connectivity index (χ2v) is 9.40. The van der Waals surface area contributed by atoms with Crippen LogP contribution in [0.25, 0.3) is 0 Å². The van der Waals surface area contributed by atoms with Crippen molar-refractivity contribution in [1.29, 1.82) is 0 Å². The molecule has 3 fully saturated rings. The van der Waals surface area contributed by atoms with E-state index in [1.807, 2.05) is 0 Å². The third kappa shape index (κ3) is 5.61. The average Bonchev–Trinajstić information content (AvgIpc) is 3.10. The van der Waals surface area contributed by atoms with Crippen LogP contribution in [0.5, 0.6) is 0 Å². The summed E-state index contributed by atoms with van der Waals surface area (Å²) in [5.74, 6) is 0.854. The highest BCUT2D eigenvalue weighted by Gasteiger charge is 2.38. The van der Waals surface area contributed by atoms with Crippen LogP contribution < -0.4 is 5.32 Å². The van der Waals surface area contributed by atoms with E-state index in [9.17, 15) is 18.0 Å². The summed E-state index contributed by atoms with van der Waals surface area (Å²) in [5, 5.41) is 3.28. The Morgan fingerprint density at radius 3 is 2.74 bits per heavy atom. The van der Waals surface area contributed by atoms with Crippen LogP contribution in [0, 0.1) is 5.92 Å². The number of nitrogens with one attached hydrogen (secondary N) is 1. The number of nitrogens with zero attached hydrogens (tertiary/aromatic N) is 2. The summed E-state index contributed by atoms with van der Waals surface area (Å²) in [5.41, 5.74) is 0.0254. The SMILES string of the molecule is O=C1CC[C@H](CCNCc2cccc(C(F)(F)F)c2)N1C[C@@H]1CCCN2CCCC[C@H]12. The van der Waals surface area contributed by atoms with E-state index in [1.54, 1.807) is 6.07 Å². The average molecular weight is 438 g/mol. The van der Waals surface area contributed by atoms with Crippen molar-refractivity contribution in [2.24, 2.45) is 5.92 Å². The molecule has 3 atom stereocenters. The van der Waals surface area contributed by atoms with Crippen molar-refractivity contribution in [3.8, 4) is 0 Å². The third-order valence-corrected chi connectivity index (χ3v) is 7.35. The zero-order valence-electron chi connectivity index (χ0n) is 18.2. The minimum Gasteiger partial charge on any atom is -0.339 e. The molecule has 1 amide bonds. The number of carbonyl (C=O) groups excluding carboxylic acids is 1. The monoisotopic (exact) mass is 437 g/mol. The summed E-state index contributed by atoms with van der Waals surface area (Å²) in [6.07, 6.45) is 4.36. The summed E-state index contributed by atoms with van der Waals surface area (Å²) < 4.78 is 38.6. The van der Waals surface area contributed by atoms with E-state index in [0.29, 0.717) is 37.0 Å². The van der Waals surface area contributed by atoms with Crippen LogP contribution in [0.15, 0.2) is 24.3 Å². The number of benzene rings is 1. The molecule has 3 aliphatic rings. The zero-order chi connectivity index (χ0) is 21.8. The maximum Gasteiger partial charge on any atom is 0.416 e. The Morgan fingerprint density at radius 2 is 1.90 bits per heavy atom. The number of fused-ring (bicyclic) bond motifs is 1. The van der Waals surface area contributed by atoms with Crippen LogP contribution in [0.4, 0.5) is 13.2 Å². The molecule has 0 aromatic heterocycles. The summed E-state index contributed by atoms with van der Waals surface area (Å²) in [4.78, 5) is 17.4. The van der Waals surface area contributed by atoms with Crippen molar-refractivity contribution in [3.63, 3.8) is 0 Å². The number of hydrogen-bond acceptors (Lipinski definition) is 3. The van der Waals surface area contributed by atoms with Crippen LogP contribution >= 0.6 is 0 Å². The van der Waals surface area contributed by atoms with Gasteiger partial charge in [-0.1, -0.05) is 24.6 Å². The van der Waals surface area contributed by atoms with E-state index in [2.05, 4.69) is 15.1 Å². The Kier molecular flexibility index (Phi) is 7.22. The Balaban J connectivity index is 1.27. The van der Waals surface area contributed by atoms with Gasteiger partial charge in [0.2, 0.25) is 5.91 Å². The van der Waals surface area contributed by atoms with Gasteiger partial charge in [0, 0.05) is 31.6 Å². The lowest BCUT2D eigenvalue weighted by atomic mass is 9.83. The molecule has 3 heterocycles. The second-order valence-electron chi connectivity index (χ2n) is 9.40. The summed E-state index contributed by atoms with van der Waals surface area (Å²) in [6, 6.07) is 6.36. The maximum absolute atomic E-state index is 12.9. The lowest BCUT2D eigenvalue weighted by Gasteiger charge is -2.46. The third-order valence-electron chi connectivity index (χ3n) is 7.35. The summed E-state index contributed by atoms with van der Waals surface area (Å²) in [7, 11) is 0. The quantitative estimate of drug-likeness (QED) is 0.641. The van der Waals surface area contributed by atoms with Gasteiger partial charge < -0.3 is 15.1 Å². The predicted octanol–water partition coefficient (Wildman–Crippen LogP) is 4.44. The van der Waals surface area contributed by atoms with Gasteiger partial charge >= 0.3 is 6.18 Å². The number of likely N-dealkylation sites (tertiary alicyclic amines) is 1. The van der Waals surface area contributed by atoms with E-state index < -0.39 is 11.7 Å². The maximum atomic E-state index is 12.9. The molecule has 7 heteroatoms. The fourth-order valence-electron chi connectivity index (χ4n) is 5.75. The Morgan fingerprint density at radius 1 is 1.06 bits per heavy atom. The number of hydrogen-bond donors (Lipinski definition) is 1. The molecule has 0 aliphatic carbocycles. The van der Waals surface area contributed by atoms with Gasteiger partial charge in [0.25, 0.3) is 0 Å². The zero-order valence-corrected chi connectivity index (χ0v) is 18.2. The molecule has 3 aliphatic heterocycles. The first kappa shape index (κ1) is 22.6. The largest absolute Gasteiger partial charge is 0.416 e. The number of halogens is 3. The Labute approximate surface area is 183 Å². The van der Waals surface area contributed by atoms with Crippen LogP contribution in [-0.4, -0.2) is 54.0 Å². The van der Waals surface area contributed by atoms with Crippen molar-refractivity contribution < 1.29 is 18.0 Å². The number of piperidine rings is 2. The van der Waals surface area contributed by atoms with Gasteiger partial charge in [-0.05, 0) is 75.7 Å². The van der Waals surface area contributed by atoms with Gasteiger partial charge in [-0.3, -0.25) is 4.79 Å². The highest BCUT2D eigenvalue weighted by atomic mass is 19.4. The molecule has 0 saturated carbocycles. The van der Waals surface area contributed by atoms with Gasteiger partial charge in [0.05, 0.1) is 5.56 Å². The first-order valence-electron chi connectivity index (χ1n) is 11.8. The predicted molar refractivity (Wildman–Crippen MR) is 114 cm³/mol. The van der Waals surface area contributed by atoms with E-state index in [1.165, 1.54) is 57.3 Å². The lowest BCUT2D eigenvalue weighted by Crippen LogP contribution is -2.52. The molecule has 4 rings (SSSR count). The molecule has 1 aromatic rings. The van der Waals surface area contributed by atoms with Crippen molar-refractivity contribution in [2.45, 2.75) is 76.2 Å². The molecule has 0 bridgehead atoms. The molecule has 0 unspecified atom stereocenters. The van der Waals surface area contributed by atoms with E-state index >= 15 is 0 Å². The standard InChI is InChI=1S/C24H34F3N3O/c25-24(26,27)20-7-3-5-18(15-20)16-28-12-11-21-9-10-23(31)30(21)17-19-6-4-14-29-13-2-1-8-22(19)29/h3,5,7,15,19,21-22,28H,1-2,4,6,8-14,16-17H2/t19-,21+,22+/m0/s1. The fraction of sp³-hybridized carbons (Fsp3) is 0.708. The van der Waals surface area contributed by atoms with Crippen LogP contribution in [0.3, 0.4) is 0 Å². The van der Waals surface area contributed by atoms with Gasteiger partial charge in [0.15, 0.2) is 0 Å². The van der Waals surface area contributed by atoms with E-state index in [4.69, 9.17) is 0 Å². The molecule has 0 radical (unpaired) electrons. The molecule has 1 N–H and O–H groups in total. The highest BCUT2D eigenvalue weighted by molar-refractivity contribution is 5.78. The van der Waals surface area contributed by atoms with Crippen LogP contribution in [0.2, 0.25) is 0 Å². The minimum absolute atomic E-state index is 0.250. The second kappa shape index (κ2) is 9.90. The fourth-order valence-corrected chi connectivity index (χ4v) is 5.75. The minimum atomic E-state index is -4.31. The first-order chi connectivity index (χ1) is 14.9. The molecule has 3 saturated heterocycles. The van der Waals surface area contributed by atoms with E-state index in [-0.39, 0.29) is 11.9 Å². The normalized spacial score (nSPS) is 27.5. The number of rotatable bonds is 7. The van der Waals surface area contributed by atoms with Crippen LogP contribution in [0.1, 0.15) is 62.5 Å². The van der Waals surface area contributed by atoms with Crippen LogP contribution in [-0.2, 0) is 17.5 Å². The Bertz CT molecular complexity index is 752. The lowest BCUT2D eigenvalue weighted by molar-refractivity contribution is -0.137. The topological polar surface area (TPSA) is 35.6 Å². The van der Waals surface area contributed by atoms with E-state index in [0.717, 1.165) is 25.5 Å². The van der Waals surface area contributed by atoms with Crippen molar-refractivity contribution >= 4 is 5.91 Å². The molecule has 31 heavy (non-hydrogen) atoms. The number of amides is 1. The van der Waals surface area contributed by atoms with Gasteiger partial charge in [-0.15, -0.1) is 0 Å². The van der Waals surface area contributed by atoms with Crippen molar-refractivity contribution in [3.05, 3.63) is 35.4 Å². The molecule has 172 valence electrons. The summed E-state index contributed by atoms with van der Waals surface area (Å²) in [6.45, 7) is 4.39. The molecule has 4 nitrogen and oxygen atoms in total. The van der Waals surface area contributed by atoms with Gasteiger partial charge in [-0.25, -0.2) is 0 Å². The number of carbonyl (C=O) groups is 1. The highest BCUT2D eigenvalue weighted by Crippen LogP contribution is 2.34. The van der Waals surface area contributed by atoms with Crippen molar-refractivity contribution in [2.75, 3.05) is 26.2 Å². The summed E-state index contributed by atoms with van der Waals surface area (Å²) >= 11 is 0. The number of alkyl halides is 3. The smallest absolute Gasteiger partial charge is 0.339 e. The Hall–Kier alpha value is -1.60. The van der Waals surface area contributed by atoms with Gasteiger partial charge in [0.1, 0.15) is 0 Å². The first-order valence-corrected chi connectivity index (χ1v) is 11.8. The molecule has 1 aromatic carbocycles. The van der Waals surface area contributed by atoms with Gasteiger partial charge in [-0.2, -0.15) is 13.2 Å². The molecular formula is C24H34F3N3O. The molecule has 0 spiro atoms.